The highest BCUT2D eigenvalue weighted by Crippen LogP contribution is 2.42. The molecule has 2 heterocycles. The van der Waals surface area contributed by atoms with Crippen LogP contribution in [0.15, 0.2) is 46.6 Å². The molecule has 8 nitrogen and oxygen atoms in total. The number of hydrogen-bond acceptors (Lipinski definition) is 7. The van der Waals surface area contributed by atoms with Crippen LogP contribution in [0.2, 0.25) is 0 Å². The monoisotopic (exact) mass is 531 g/mol. The summed E-state index contributed by atoms with van der Waals surface area (Å²) >= 11 is 0. The van der Waals surface area contributed by atoms with E-state index in [0.29, 0.717) is 29.8 Å². The number of benzene rings is 1. The molecule has 0 aliphatic heterocycles. The summed E-state index contributed by atoms with van der Waals surface area (Å²) in [5.41, 5.74) is 1.54. The number of pyridine rings is 2. The minimum Gasteiger partial charge on any atom is -0.380 e. The lowest BCUT2D eigenvalue weighted by atomic mass is 10.0. The minimum absolute atomic E-state index is 0.0890. The van der Waals surface area contributed by atoms with Crippen LogP contribution >= 0.6 is 0 Å². The summed E-state index contributed by atoms with van der Waals surface area (Å²) in [6.07, 6.45) is 7.76. The van der Waals surface area contributed by atoms with E-state index in [1.54, 1.807) is 24.5 Å². The maximum absolute atomic E-state index is 14.2. The number of alkyl halides is 1. The fourth-order valence-corrected chi connectivity index (χ4v) is 6.91. The van der Waals surface area contributed by atoms with E-state index >= 15 is 0 Å². The number of aromatic nitrogens is 2. The molecule has 2 aliphatic rings. The number of hydrogen-bond donors (Lipinski definition) is 3. The molecule has 0 radical (unpaired) electrons. The maximum atomic E-state index is 14.2. The van der Waals surface area contributed by atoms with Crippen molar-refractivity contribution in [2.24, 2.45) is 0 Å². The van der Waals surface area contributed by atoms with Gasteiger partial charge in [0, 0.05) is 47.4 Å². The molecule has 1 aromatic carbocycles. The molecule has 2 aliphatic carbocycles. The van der Waals surface area contributed by atoms with Gasteiger partial charge < -0.3 is 5.32 Å². The van der Waals surface area contributed by atoms with Crippen LogP contribution in [-0.2, 0) is 32.6 Å². The fraction of sp³-hybridized carbons (Fsp3) is 0.440. The quantitative estimate of drug-likeness (QED) is 0.401. The average Bonchev–Trinajstić information content (AvgIpc) is 3.56. The van der Waals surface area contributed by atoms with Gasteiger partial charge in [0.05, 0.1) is 26.5 Å². The van der Waals surface area contributed by atoms with Crippen LogP contribution in [0.5, 0.6) is 0 Å². The zero-order chi connectivity index (χ0) is 25.9. The molecule has 0 saturated heterocycles. The molecule has 2 atom stereocenters. The van der Waals surface area contributed by atoms with Crippen molar-refractivity contribution in [2.75, 3.05) is 18.1 Å². The van der Waals surface area contributed by atoms with Crippen LogP contribution in [0.25, 0.3) is 10.8 Å². The first-order valence-corrected chi connectivity index (χ1v) is 15.3. The van der Waals surface area contributed by atoms with Gasteiger partial charge in [-0.05, 0) is 74.9 Å². The zero-order valence-electron chi connectivity index (χ0n) is 20.5. The van der Waals surface area contributed by atoms with Crippen LogP contribution in [0.4, 0.5) is 10.1 Å². The van der Waals surface area contributed by atoms with Gasteiger partial charge in [-0.15, -0.1) is 0 Å². The summed E-state index contributed by atoms with van der Waals surface area (Å²) in [5, 5.41) is 4.97. The van der Waals surface area contributed by atoms with Crippen molar-refractivity contribution in [2.45, 2.75) is 67.1 Å². The molecule has 0 bridgehead atoms. The van der Waals surface area contributed by atoms with Crippen LogP contribution in [0, 0.1) is 4.78 Å². The van der Waals surface area contributed by atoms with Crippen LogP contribution in [0.3, 0.4) is 0 Å². The van der Waals surface area contributed by atoms with Gasteiger partial charge in [0.15, 0.2) is 0 Å². The standard InChI is InChI=1S/C25H30FN5O3S2/c1-25(2,26)14-30-36(33,34)24-20-10-19(31-18-6-7-23(29-13-18)35(3,27)32)9-16(20)8-17-12-28-22(11-21(17)24)15-4-5-15/h6-8,11-13,15,19,27,30-31H,4-5,9-10,14H2,1-3H3. The van der Waals surface area contributed by atoms with E-state index < -0.39 is 25.4 Å². The Labute approximate surface area is 211 Å². The van der Waals surface area contributed by atoms with E-state index in [2.05, 4.69) is 20.0 Å². The van der Waals surface area contributed by atoms with Gasteiger partial charge in [0.1, 0.15) is 10.7 Å². The Morgan fingerprint density at radius 2 is 1.86 bits per heavy atom. The second-order valence-corrected chi connectivity index (χ2v) is 14.3. The highest BCUT2D eigenvalue weighted by molar-refractivity contribution is 7.91. The molecule has 36 heavy (non-hydrogen) atoms. The Kier molecular flexibility index (Phi) is 6.08. The van der Waals surface area contributed by atoms with Crippen molar-refractivity contribution in [3.8, 4) is 0 Å². The van der Waals surface area contributed by atoms with Crippen molar-refractivity contribution in [3.05, 3.63) is 53.5 Å². The van der Waals surface area contributed by atoms with Gasteiger partial charge in [0.25, 0.3) is 0 Å². The van der Waals surface area contributed by atoms with Gasteiger partial charge in [-0.25, -0.2) is 31.5 Å². The summed E-state index contributed by atoms with van der Waals surface area (Å²) in [7, 11) is -6.90. The summed E-state index contributed by atoms with van der Waals surface area (Å²) in [6, 6.07) is 7.09. The Morgan fingerprint density at radius 1 is 1.11 bits per heavy atom. The first-order chi connectivity index (χ1) is 16.8. The zero-order valence-corrected chi connectivity index (χ0v) is 22.1. The van der Waals surface area contributed by atoms with Crippen LogP contribution in [-0.4, -0.2) is 47.1 Å². The molecule has 1 fully saturated rings. The molecular formula is C25H30FN5O3S2. The number of nitrogens with zero attached hydrogens (tertiary/aromatic N) is 2. The molecule has 3 aromatic rings. The van der Waals surface area contributed by atoms with Gasteiger partial charge in [-0.1, -0.05) is 0 Å². The molecular weight excluding hydrogens is 501 g/mol. The van der Waals surface area contributed by atoms with Gasteiger partial charge in [-0.3, -0.25) is 4.98 Å². The first-order valence-electron chi connectivity index (χ1n) is 11.9. The number of nitrogens with one attached hydrogen (secondary N) is 3. The Balaban J connectivity index is 1.52. The van der Waals surface area contributed by atoms with Gasteiger partial charge >= 0.3 is 0 Å². The SMILES string of the molecule is CC(C)(F)CNS(=O)(=O)c1c2c(cc3cnc(C4CC4)cc13)CC(Nc1ccc(S(C)(=N)=O)nc1)C2. The Bertz CT molecular complexity index is 1550. The van der Waals surface area contributed by atoms with Crippen molar-refractivity contribution in [3.63, 3.8) is 0 Å². The van der Waals surface area contributed by atoms with Gasteiger partial charge in [-0.2, -0.15) is 0 Å². The number of sulfonamides is 1. The molecule has 192 valence electrons. The predicted molar refractivity (Wildman–Crippen MR) is 138 cm³/mol. The lowest BCUT2D eigenvalue weighted by Gasteiger charge is -2.18. The highest BCUT2D eigenvalue weighted by Gasteiger charge is 2.33. The van der Waals surface area contributed by atoms with E-state index in [1.165, 1.54) is 20.1 Å². The molecule has 1 saturated carbocycles. The number of anilines is 1. The molecule has 3 N–H and O–H groups in total. The molecule has 2 unspecified atom stereocenters. The Morgan fingerprint density at radius 3 is 2.47 bits per heavy atom. The van der Waals surface area contributed by atoms with E-state index in [0.717, 1.165) is 35.0 Å². The topological polar surface area (TPSA) is 125 Å². The second-order valence-electron chi connectivity index (χ2n) is 10.5. The third kappa shape index (κ3) is 5.23. The molecule has 2 aromatic heterocycles. The maximum Gasteiger partial charge on any atom is 0.241 e. The van der Waals surface area contributed by atoms with Crippen molar-refractivity contribution >= 4 is 36.2 Å². The minimum atomic E-state index is -4.00. The smallest absolute Gasteiger partial charge is 0.241 e. The largest absolute Gasteiger partial charge is 0.380 e. The molecule has 0 amide bonds. The third-order valence-electron chi connectivity index (χ3n) is 6.56. The summed E-state index contributed by atoms with van der Waals surface area (Å²) < 4.78 is 63.5. The Hall–Kier alpha value is -2.63. The second kappa shape index (κ2) is 8.74. The molecule has 11 heteroatoms. The van der Waals surface area contributed by atoms with E-state index in [1.807, 2.05) is 12.1 Å². The number of rotatable bonds is 8. The van der Waals surface area contributed by atoms with E-state index in [9.17, 15) is 17.0 Å². The first kappa shape index (κ1) is 25.0. The van der Waals surface area contributed by atoms with Crippen molar-refractivity contribution in [1.82, 2.24) is 14.7 Å². The number of halogens is 1. The lowest BCUT2D eigenvalue weighted by Crippen LogP contribution is -2.36. The van der Waals surface area contributed by atoms with Crippen molar-refractivity contribution < 1.29 is 17.0 Å². The summed E-state index contributed by atoms with van der Waals surface area (Å²) in [4.78, 5) is 8.94. The normalized spacial score (nSPS) is 19.7. The predicted octanol–water partition coefficient (Wildman–Crippen LogP) is 4.15. The number of fused-ring (bicyclic) bond motifs is 2. The third-order valence-corrected chi connectivity index (χ3v) is 9.13. The van der Waals surface area contributed by atoms with Crippen molar-refractivity contribution in [1.29, 1.82) is 4.78 Å². The molecule has 0 spiro atoms. The summed E-state index contributed by atoms with van der Waals surface area (Å²) in [5.74, 6) is 0.363. The molecule has 5 rings (SSSR count). The lowest BCUT2D eigenvalue weighted by molar-refractivity contribution is 0.221. The highest BCUT2D eigenvalue weighted by atomic mass is 32.2. The fourth-order valence-electron chi connectivity index (χ4n) is 4.65. The summed E-state index contributed by atoms with van der Waals surface area (Å²) in [6.45, 7) is 2.36. The average molecular weight is 532 g/mol. The van der Waals surface area contributed by atoms with Crippen LogP contribution < -0.4 is 10.0 Å². The van der Waals surface area contributed by atoms with Crippen LogP contribution in [0.1, 0.15) is 49.4 Å². The van der Waals surface area contributed by atoms with E-state index in [-0.39, 0.29) is 22.5 Å². The van der Waals surface area contributed by atoms with Gasteiger partial charge in [0.2, 0.25) is 10.0 Å². The van der Waals surface area contributed by atoms with E-state index in [4.69, 9.17) is 4.78 Å².